The molecular weight excluding hydrogens is 166 g/mol. The predicted octanol–water partition coefficient (Wildman–Crippen LogP) is 1.62. The molecular formula is C10H17NO2. The van der Waals surface area contributed by atoms with E-state index < -0.39 is 0 Å². The zero-order valence-corrected chi connectivity index (χ0v) is 8.37. The van der Waals surface area contributed by atoms with Gasteiger partial charge in [0.05, 0.1) is 18.4 Å². The van der Waals surface area contributed by atoms with Crippen molar-refractivity contribution in [3.05, 3.63) is 23.7 Å². The molecule has 0 aliphatic rings. The third-order valence-corrected chi connectivity index (χ3v) is 2.01. The molecule has 1 aromatic heterocycles. The van der Waals surface area contributed by atoms with E-state index in [2.05, 4.69) is 5.32 Å². The summed E-state index contributed by atoms with van der Waals surface area (Å²) in [4.78, 5) is 0. The first-order chi connectivity index (χ1) is 6.11. The van der Waals surface area contributed by atoms with Gasteiger partial charge >= 0.3 is 0 Å². The maximum atomic E-state index is 9.07. The van der Waals surface area contributed by atoms with Gasteiger partial charge < -0.3 is 14.8 Å². The summed E-state index contributed by atoms with van der Waals surface area (Å²) >= 11 is 0. The van der Waals surface area contributed by atoms with Crippen LogP contribution in [0.1, 0.15) is 31.2 Å². The van der Waals surface area contributed by atoms with E-state index in [4.69, 9.17) is 9.52 Å². The van der Waals surface area contributed by atoms with E-state index in [1.54, 1.807) is 13.2 Å². The van der Waals surface area contributed by atoms with Gasteiger partial charge in [-0.3, -0.25) is 0 Å². The van der Waals surface area contributed by atoms with E-state index >= 15 is 0 Å². The minimum Gasteiger partial charge on any atom is -0.467 e. The van der Waals surface area contributed by atoms with Crippen LogP contribution >= 0.6 is 0 Å². The molecule has 0 saturated heterocycles. The van der Waals surface area contributed by atoms with Crippen LogP contribution < -0.4 is 5.32 Å². The highest BCUT2D eigenvalue weighted by molar-refractivity contribution is 5.17. The number of hydrogen-bond acceptors (Lipinski definition) is 3. The molecule has 2 atom stereocenters. The van der Waals surface area contributed by atoms with Crippen LogP contribution in [0, 0.1) is 6.92 Å². The topological polar surface area (TPSA) is 45.4 Å². The molecule has 1 rings (SSSR count). The quantitative estimate of drug-likeness (QED) is 0.745. The SMILES string of the molecule is Cc1ccoc1C(C)NC[C@@H](C)O. The summed E-state index contributed by atoms with van der Waals surface area (Å²) in [6.45, 7) is 6.38. The fourth-order valence-electron chi connectivity index (χ4n) is 1.27. The molecule has 0 fully saturated rings. The van der Waals surface area contributed by atoms with Crippen molar-refractivity contribution in [3.63, 3.8) is 0 Å². The average Bonchev–Trinajstić information content (AvgIpc) is 2.47. The highest BCUT2D eigenvalue weighted by Crippen LogP contribution is 2.17. The van der Waals surface area contributed by atoms with E-state index in [0.717, 1.165) is 11.3 Å². The molecule has 0 saturated carbocycles. The second-order valence-electron chi connectivity index (χ2n) is 3.45. The molecule has 0 aliphatic carbocycles. The van der Waals surface area contributed by atoms with E-state index in [0.29, 0.717) is 6.54 Å². The number of rotatable bonds is 4. The summed E-state index contributed by atoms with van der Waals surface area (Å²) in [5.74, 6) is 0.945. The van der Waals surface area contributed by atoms with E-state index in [1.807, 2.05) is 19.9 Å². The van der Waals surface area contributed by atoms with E-state index in [9.17, 15) is 0 Å². The average molecular weight is 183 g/mol. The van der Waals surface area contributed by atoms with Crippen LogP contribution in [0.25, 0.3) is 0 Å². The third kappa shape index (κ3) is 2.86. The Balaban J connectivity index is 2.49. The van der Waals surface area contributed by atoms with Crippen LogP contribution in [-0.2, 0) is 0 Å². The molecule has 2 N–H and O–H groups in total. The molecule has 0 radical (unpaired) electrons. The Bertz CT molecular complexity index is 255. The molecule has 74 valence electrons. The highest BCUT2D eigenvalue weighted by atomic mass is 16.3. The zero-order valence-electron chi connectivity index (χ0n) is 8.37. The first kappa shape index (κ1) is 10.3. The third-order valence-electron chi connectivity index (χ3n) is 2.01. The Hall–Kier alpha value is -0.800. The molecule has 0 spiro atoms. The second-order valence-corrected chi connectivity index (χ2v) is 3.45. The molecule has 0 aliphatic heterocycles. The van der Waals surface area contributed by atoms with Gasteiger partial charge in [-0.05, 0) is 32.4 Å². The van der Waals surface area contributed by atoms with Crippen molar-refractivity contribution in [1.82, 2.24) is 5.32 Å². The summed E-state index contributed by atoms with van der Waals surface area (Å²) in [6, 6.07) is 2.10. The van der Waals surface area contributed by atoms with E-state index in [1.165, 1.54) is 0 Å². The molecule has 13 heavy (non-hydrogen) atoms. The van der Waals surface area contributed by atoms with E-state index in [-0.39, 0.29) is 12.1 Å². The Kier molecular flexibility index (Phi) is 3.51. The maximum absolute atomic E-state index is 9.07. The minimum absolute atomic E-state index is 0.157. The number of furan rings is 1. The Morgan fingerprint density at radius 3 is 2.69 bits per heavy atom. The molecule has 1 aromatic rings. The number of aryl methyl sites for hydroxylation is 1. The van der Waals surface area contributed by atoms with Crippen molar-refractivity contribution in [1.29, 1.82) is 0 Å². The van der Waals surface area contributed by atoms with Crippen LogP contribution in [-0.4, -0.2) is 17.8 Å². The summed E-state index contributed by atoms with van der Waals surface area (Å²) in [7, 11) is 0. The van der Waals surface area contributed by atoms with Crippen molar-refractivity contribution in [2.75, 3.05) is 6.54 Å². The van der Waals surface area contributed by atoms with Gasteiger partial charge in [0, 0.05) is 6.54 Å². The predicted molar refractivity (Wildman–Crippen MR) is 51.5 cm³/mol. The van der Waals surface area contributed by atoms with Crippen molar-refractivity contribution in [2.24, 2.45) is 0 Å². The molecule has 1 unspecified atom stereocenters. The fourth-order valence-corrected chi connectivity index (χ4v) is 1.27. The van der Waals surface area contributed by atoms with Crippen molar-refractivity contribution in [3.8, 4) is 0 Å². The number of nitrogens with one attached hydrogen (secondary N) is 1. The number of aliphatic hydroxyl groups excluding tert-OH is 1. The lowest BCUT2D eigenvalue weighted by molar-refractivity contribution is 0.185. The van der Waals surface area contributed by atoms with Crippen molar-refractivity contribution in [2.45, 2.75) is 32.9 Å². The Labute approximate surface area is 78.8 Å². The first-order valence-electron chi connectivity index (χ1n) is 4.56. The summed E-state index contributed by atoms with van der Waals surface area (Å²) < 4.78 is 5.31. The summed E-state index contributed by atoms with van der Waals surface area (Å²) in [5, 5.41) is 12.3. The highest BCUT2D eigenvalue weighted by Gasteiger charge is 2.11. The zero-order chi connectivity index (χ0) is 9.84. The van der Waals surface area contributed by atoms with Gasteiger partial charge in [-0.15, -0.1) is 0 Å². The fraction of sp³-hybridized carbons (Fsp3) is 0.600. The van der Waals surface area contributed by atoms with Crippen LogP contribution in [0.5, 0.6) is 0 Å². The maximum Gasteiger partial charge on any atom is 0.123 e. The second kappa shape index (κ2) is 4.44. The van der Waals surface area contributed by atoms with Crippen molar-refractivity contribution >= 4 is 0 Å². The Morgan fingerprint density at radius 1 is 1.54 bits per heavy atom. The molecule has 0 amide bonds. The molecule has 0 aromatic carbocycles. The Morgan fingerprint density at radius 2 is 2.23 bits per heavy atom. The van der Waals surface area contributed by atoms with Gasteiger partial charge in [0.1, 0.15) is 5.76 Å². The standard InChI is InChI=1S/C10H17NO2/c1-7-4-5-13-10(7)9(3)11-6-8(2)12/h4-5,8-9,11-12H,6H2,1-3H3/t8-,9?/m1/s1. The first-order valence-corrected chi connectivity index (χ1v) is 4.56. The number of aliphatic hydroxyl groups is 1. The largest absolute Gasteiger partial charge is 0.467 e. The van der Waals surface area contributed by atoms with Crippen LogP contribution in [0.2, 0.25) is 0 Å². The van der Waals surface area contributed by atoms with Gasteiger partial charge in [-0.1, -0.05) is 0 Å². The summed E-state index contributed by atoms with van der Waals surface area (Å²) in [6.07, 6.45) is 1.36. The lowest BCUT2D eigenvalue weighted by Crippen LogP contribution is -2.27. The lowest BCUT2D eigenvalue weighted by atomic mass is 10.2. The van der Waals surface area contributed by atoms with Gasteiger partial charge in [0.15, 0.2) is 0 Å². The van der Waals surface area contributed by atoms with Crippen LogP contribution in [0.3, 0.4) is 0 Å². The summed E-state index contributed by atoms with van der Waals surface area (Å²) in [5.41, 5.74) is 1.14. The van der Waals surface area contributed by atoms with Gasteiger partial charge in [0.2, 0.25) is 0 Å². The molecule has 1 heterocycles. The minimum atomic E-state index is -0.322. The molecule has 3 heteroatoms. The van der Waals surface area contributed by atoms with Gasteiger partial charge in [0.25, 0.3) is 0 Å². The van der Waals surface area contributed by atoms with Crippen LogP contribution in [0.15, 0.2) is 16.7 Å². The van der Waals surface area contributed by atoms with Crippen molar-refractivity contribution < 1.29 is 9.52 Å². The smallest absolute Gasteiger partial charge is 0.123 e. The van der Waals surface area contributed by atoms with Gasteiger partial charge in [-0.2, -0.15) is 0 Å². The lowest BCUT2D eigenvalue weighted by Gasteiger charge is -2.13. The van der Waals surface area contributed by atoms with Crippen LogP contribution in [0.4, 0.5) is 0 Å². The number of hydrogen-bond donors (Lipinski definition) is 2. The monoisotopic (exact) mass is 183 g/mol. The molecule has 0 bridgehead atoms. The normalized spacial score (nSPS) is 15.7. The molecule has 3 nitrogen and oxygen atoms in total. The van der Waals surface area contributed by atoms with Gasteiger partial charge in [-0.25, -0.2) is 0 Å².